The van der Waals surface area contributed by atoms with Crippen LogP contribution in [0.2, 0.25) is 0 Å². The van der Waals surface area contributed by atoms with Crippen LogP contribution in [0.1, 0.15) is 58.3 Å². The van der Waals surface area contributed by atoms with Crippen molar-refractivity contribution in [2.24, 2.45) is 5.41 Å². The molecule has 1 atom stereocenters. The number of hydrogen-bond donors (Lipinski definition) is 3. The van der Waals surface area contributed by atoms with Crippen LogP contribution in [-0.4, -0.2) is 14.9 Å². The number of rotatable bonds is 2. The van der Waals surface area contributed by atoms with E-state index in [2.05, 4.69) is 0 Å². The van der Waals surface area contributed by atoms with Crippen molar-refractivity contribution in [2.75, 3.05) is 0 Å². The van der Waals surface area contributed by atoms with Crippen LogP contribution in [0.4, 0.5) is 0 Å². The molecule has 114 valence electrons. The average Bonchev–Trinajstić information content (AvgIpc) is 2.14. The van der Waals surface area contributed by atoms with Crippen LogP contribution in [-0.2, 0) is 9.98 Å². The van der Waals surface area contributed by atoms with Gasteiger partial charge in [0.2, 0.25) is 0 Å². The van der Waals surface area contributed by atoms with Gasteiger partial charge in [-0.3, -0.25) is 4.57 Å². The summed E-state index contributed by atoms with van der Waals surface area (Å²) in [7, 11) is -4.29. The molecule has 0 aromatic heterocycles. The van der Waals surface area contributed by atoms with Gasteiger partial charge in [0.25, 0.3) is 0 Å². The van der Waals surface area contributed by atoms with Crippen molar-refractivity contribution < 1.29 is 19.5 Å². The van der Waals surface area contributed by atoms with Gasteiger partial charge in [0.15, 0.2) is 0 Å². The van der Waals surface area contributed by atoms with Crippen LogP contribution in [0, 0.1) is 5.41 Å². The van der Waals surface area contributed by atoms with E-state index in [1.165, 1.54) is 6.07 Å². The molecule has 1 rings (SSSR count). The quantitative estimate of drug-likeness (QED) is 0.723. The van der Waals surface area contributed by atoms with E-state index in [1.54, 1.807) is 32.9 Å². The molecule has 0 fully saturated rings. The van der Waals surface area contributed by atoms with E-state index in [1.807, 2.05) is 20.8 Å². The number of phenols is 1. The fourth-order valence-electron chi connectivity index (χ4n) is 2.52. The van der Waals surface area contributed by atoms with E-state index in [-0.39, 0.29) is 11.2 Å². The van der Waals surface area contributed by atoms with Crippen LogP contribution in [0.5, 0.6) is 5.75 Å². The van der Waals surface area contributed by atoms with Gasteiger partial charge in [0.1, 0.15) is 5.75 Å². The molecule has 0 aliphatic rings. The van der Waals surface area contributed by atoms with Crippen LogP contribution in [0.15, 0.2) is 18.2 Å². The molecular formula is C15H25O4P. The maximum Gasteiger partial charge on any atom is 0.333 e. The minimum Gasteiger partial charge on any atom is -0.508 e. The van der Waals surface area contributed by atoms with Crippen molar-refractivity contribution in [3.05, 3.63) is 29.3 Å². The van der Waals surface area contributed by atoms with E-state index in [0.717, 1.165) is 0 Å². The standard InChI is InChI=1S/C15H25O4P/c1-14(2,3)11-9-10(7-8-12(11)16)13(15(4,5)6)20(17,18)19/h7-9,13,16H,1-6H3,(H2,17,18,19). The van der Waals surface area contributed by atoms with E-state index in [0.29, 0.717) is 11.1 Å². The van der Waals surface area contributed by atoms with Crippen LogP contribution in [0.3, 0.4) is 0 Å². The minimum absolute atomic E-state index is 0.152. The van der Waals surface area contributed by atoms with Gasteiger partial charge in [-0.25, -0.2) is 0 Å². The zero-order valence-electron chi connectivity index (χ0n) is 13.0. The molecule has 0 saturated carbocycles. The lowest BCUT2D eigenvalue weighted by Gasteiger charge is -2.32. The van der Waals surface area contributed by atoms with Crippen molar-refractivity contribution >= 4 is 7.60 Å². The van der Waals surface area contributed by atoms with Gasteiger partial charge in [-0.05, 0) is 28.0 Å². The molecule has 0 radical (unpaired) electrons. The minimum atomic E-state index is -4.29. The Morgan fingerprint density at radius 1 is 1.05 bits per heavy atom. The van der Waals surface area contributed by atoms with Gasteiger partial charge in [0, 0.05) is 0 Å². The largest absolute Gasteiger partial charge is 0.508 e. The summed E-state index contributed by atoms with van der Waals surface area (Å²) in [6.07, 6.45) is 0. The van der Waals surface area contributed by atoms with Gasteiger partial charge in [0.05, 0.1) is 5.66 Å². The summed E-state index contributed by atoms with van der Waals surface area (Å²) in [5, 5.41) is 9.96. The molecule has 5 heteroatoms. The monoisotopic (exact) mass is 300 g/mol. The molecule has 1 unspecified atom stereocenters. The second-order valence-electron chi connectivity index (χ2n) is 7.38. The molecular weight excluding hydrogens is 275 g/mol. The molecule has 0 aliphatic heterocycles. The smallest absolute Gasteiger partial charge is 0.333 e. The first-order chi connectivity index (χ1) is 8.74. The molecule has 1 aromatic carbocycles. The molecule has 0 saturated heterocycles. The Morgan fingerprint density at radius 3 is 1.90 bits per heavy atom. The number of aromatic hydroxyl groups is 1. The normalized spacial score (nSPS) is 15.2. The molecule has 0 heterocycles. The lowest BCUT2D eigenvalue weighted by atomic mass is 9.82. The van der Waals surface area contributed by atoms with Gasteiger partial charge in [-0.1, -0.05) is 53.7 Å². The summed E-state index contributed by atoms with van der Waals surface area (Å²) >= 11 is 0. The van der Waals surface area contributed by atoms with E-state index in [4.69, 9.17) is 0 Å². The molecule has 0 bridgehead atoms. The highest BCUT2D eigenvalue weighted by atomic mass is 31.2. The van der Waals surface area contributed by atoms with Crippen LogP contribution in [0.25, 0.3) is 0 Å². The van der Waals surface area contributed by atoms with Gasteiger partial charge in [-0.15, -0.1) is 0 Å². The maximum absolute atomic E-state index is 11.9. The molecule has 0 amide bonds. The Morgan fingerprint density at radius 2 is 1.55 bits per heavy atom. The first-order valence-corrected chi connectivity index (χ1v) is 8.31. The topological polar surface area (TPSA) is 77.8 Å². The first-order valence-electron chi connectivity index (χ1n) is 6.63. The molecule has 0 aliphatic carbocycles. The zero-order valence-corrected chi connectivity index (χ0v) is 13.9. The summed E-state index contributed by atoms with van der Waals surface area (Å²) in [6, 6.07) is 4.83. The highest BCUT2D eigenvalue weighted by Crippen LogP contribution is 2.60. The summed E-state index contributed by atoms with van der Waals surface area (Å²) in [6.45, 7) is 11.3. The number of hydrogen-bond acceptors (Lipinski definition) is 2. The Labute approximate surface area is 121 Å². The second kappa shape index (κ2) is 5.18. The molecule has 20 heavy (non-hydrogen) atoms. The van der Waals surface area contributed by atoms with Crippen LogP contribution >= 0.6 is 7.60 Å². The highest BCUT2D eigenvalue weighted by molar-refractivity contribution is 7.52. The zero-order chi connectivity index (χ0) is 15.9. The Hall–Kier alpha value is -0.830. The summed E-state index contributed by atoms with van der Waals surface area (Å²) in [5.41, 5.74) is -0.509. The molecule has 4 nitrogen and oxygen atoms in total. The number of benzene rings is 1. The first kappa shape index (κ1) is 17.2. The Kier molecular flexibility index (Phi) is 4.46. The van der Waals surface area contributed by atoms with Crippen molar-refractivity contribution in [3.8, 4) is 5.75 Å². The van der Waals surface area contributed by atoms with Crippen molar-refractivity contribution in [1.82, 2.24) is 0 Å². The van der Waals surface area contributed by atoms with Crippen molar-refractivity contribution in [2.45, 2.75) is 52.6 Å². The van der Waals surface area contributed by atoms with E-state index < -0.39 is 18.7 Å². The van der Waals surface area contributed by atoms with E-state index >= 15 is 0 Å². The van der Waals surface area contributed by atoms with Crippen molar-refractivity contribution in [1.29, 1.82) is 0 Å². The predicted molar refractivity (Wildman–Crippen MR) is 81.0 cm³/mol. The molecule has 3 N–H and O–H groups in total. The summed E-state index contributed by atoms with van der Waals surface area (Å²) < 4.78 is 11.9. The third-order valence-corrected chi connectivity index (χ3v) is 5.05. The Bertz CT molecular complexity index is 532. The lowest BCUT2D eigenvalue weighted by molar-refractivity contribution is 0.297. The molecule has 1 aromatic rings. The molecule has 0 spiro atoms. The SMILES string of the molecule is CC(C)(C)c1cc(C(C(C)(C)C)P(=O)(O)O)ccc1O. The lowest BCUT2D eigenvalue weighted by Crippen LogP contribution is -2.20. The van der Waals surface area contributed by atoms with Crippen molar-refractivity contribution in [3.63, 3.8) is 0 Å². The highest BCUT2D eigenvalue weighted by Gasteiger charge is 2.40. The maximum atomic E-state index is 11.9. The van der Waals surface area contributed by atoms with Crippen LogP contribution < -0.4 is 0 Å². The second-order valence-corrected chi connectivity index (χ2v) is 9.08. The predicted octanol–water partition coefficient (Wildman–Crippen LogP) is 3.95. The third kappa shape index (κ3) is 3.85. The fraction of sp³-hybridized carbons (Fsp3) is 0.600. The summed E-state index contributed by atoms with van der Waals surface area (Å²) in [5.74, 6) is 0.152. The third-order valence-electron chi connectivity index (χ3n) is 3.30. The van der Waals surface area contributed by atoms with E-state index in [9.17, 15) is 19.5 Å². The van der Waals surface area contributed by atoms with Gasteiger partial charge < -0.3 is 14.9 Å². The van der Waals surface area contributed by atoms with Gasteiger partial charge >= 0.3 is 7.60 Å². The summed E-state index contributed by atoms with van der Waals surface area (Å²) in [4.78, 5) is 19.4. The average molecular weight is 300 g/mol. The van der Waals surface area contributed by atoms with Gasteiger partial charge in [-0.2, -0.15) is 0 Å². The number of phenolic OH excluding ortho intramolecular Hbond substituents is 1. The fourth-order valence-corrected chi connectivity index (χ4v) is 4.08. The Balaban J connectivity index is 3.49.